The number of hydrogen-bond acceptors (Lipinski definition) is 6. The van der Waals surface area contributed by atoms with Gasteiger partial charge in [-0.15, -0.1) is 0 Å². The van der Waals surface area contributed by atoms with Gasteiger partial charge in [0.1, 0.15) is 17.9 Å². The number of hydrogen-bond donors (Lipinski definition) is 2. The summed E-state index contributed by atoms with van der Waals surface area (Å²) in [6.07, 6.45) is -1.44. The fourth-order valence-electron chi connectivity index (χ4n) is 2.59. The highest BCUT2D eigenvalue weighted by Crippen LogP contribution is 2.24. The van der Waals surface area contributed by atoms with E-state index in [0.29, 0.717) is 16.9 Å². The topological polar surface area (TPSA) is 102 Å². The molecule has 0 bridgehead atoms. The molecule has 0 aromatic heterocycles. The van der Waals surface area contributed by atoms with E-state index < -0.39 is 28.1 Å². The Bertz CT molecular complexity index is 908. The molecule has 27 heavy (non-hydrogen) atoms. The van der Waals surface area contributed by atoms with Crippen molar-refractivity contribution in [3.05, 3.63) is 59.2 Å². The molecule has 0 radical (unpaired) electrons. The van der Waals surface area contributed by atoms with Crippen molar-refractivity contribution < 1.29 is 27.8 Å². The molecular weight excluding hydrogens is 370 g/mol. The molecule has 0 aliphatic heterocycles. The van der Waals surface area contributed by atoms with Crippen molar-refractivity contribution >= 4 is 16.0 Å². The van der Waals surface area contributed by atoms with E-state index in [1.54, 1.807) is 50.2 Å². The van der Waals surface area contributed by atoms with Gasteiger partial charge < -0.3 is 14.6 Å². The molecule has 0 saturated carbocycles. The highest BCUT2D eigenvalue weighted by Gasteiger charge is 2.34. The molecule has 0 saturated heterocycles. The number of sulfonamides is 1. The molecule has 2 unspecified atom stereocenters. The van der Waals surface area contributed by atoms with Crippen LogP contribution in [0.3, 0.4) is 0 Å². The molecule has 7 nitrogen and oxygen atoms in total. The van der Waals surface area contributed by atoms with E-state index in [0.717, 1.165) is 12.7 Å². The highest BCUT2D eigenvalue weighted by molar-refractivity contribution is 7.89. The molecule has 2 N–H and O–H groups in total. The minimum atomic E-state index is -4.07. The number of carbonyl (C=O) groups excluding carboxylic acids is 1. The number of aliphatic hydroxyl groups is 1. The van der Waals surface area contributed by atoms with Crippen LogP contribution in [0.2, 0.25) is 0 Å². The van der Waals surface area contributed by atoms with Gasteiger partial charge in [0, 0.05) is 0 Å². The summed E-state index contributed by atoms with van der Waals surface area (Å²) in [6, 6.07) is 9.77. The standard InChI is InChI=1S/C19H23NO6S/c1-12-5-6-13(2)16(11-12)27(23,24)20-17(19(22)26-4)18(21)14-7-9-15(25-3)10-8-14/h5-11,17-18,20-21H,1-4H3. The molecule has 0 aliphatic rings. The molecule has 8 heteroatoms. The Morgan fingerprint density at radius 1 is 1.07 bits per heavy atom. The first-order chi connectivity index (χ1) is 12.7. The van der Waals surface area contributed by atoms with Crippen LogP contribution < -0.4 is 9.46 Å². The zero-order valence-electron chi connectivity index (χ0n) is 15.6. The van der Waals surface area contributed by atoms with Gasteiger partial charge in [0.25, 0.3) is 0 Å². The van der Waals surface area contributed by atoms with E-state index in [9.17, 15) is 18.3 Å². The fraction of sp³-hybridized carbons (Fsp3) is 0.316. The van der Waals surface area contributed by atoms with Crippen LogP contribution in [0.5, 0.6) is 5.75 Å². The van der Waals surface area contributed by atoms with Gasteiger partial charge in [0.05, 0.1) is 19.1 Å². The molecule has 0 spiro atoms. The normalized spacial score (nSPS) is 13.7. The lowest BCUT2D eigenvalue weighted by Crippen LogP contribution is -2.45. The monoisotopic (exact) mass is 393 g/mol. The van der Waals surface area contributed by atoms with Crippen LogP contribution in [0.4, 0.5) is 0 Å². The zero-order valence-corrected chi connectivity index (χ0v) is 16.4. The summed E-state index contributed by atoms with van der Waals surface area (Å²) in [4.78, 5) is 12.2. The Labute approximate surface area is 159 Å². The van der Waals surface area contributed by atoms with Crippen molar-refractivity contribution in [2.45, 2.75) is 30.9 Å². The summed E-state index contributed by atoms with van der Waals surface area (Å²) >= 11 is 0. The quantitative estimate of drug-likeness (QED) is 0.697. The van der Waals surface area contributed by atoms with Crippen LogP contribution in [0.15, 0.2) is 47.4 Å². The molecule has 2 aromatic carbocycles. The predicted molar refractivity (Wildman–Crippen MR) is 100.0 cm³/mol. The average molecular weight is 393 g/mol. The van der Waals surface area contributed by atoms with Crippen molar-refractivity contribution in [3.8, 4) is 5.75 Å². The molecule has 2 aromatic rings. The van der Waals surface area contributed by atoms with Crippen molar-refractivity contribution in [1.82, 2.24) is 4.72 Å². The second-order valence-electron chi connectivity index (χ2n) is 6.11. The number of methoxy groups -OCH3 is 2. The molecule has 0 fully saturated rings. The Balaban J connectivity index is 2.38. The van der Waals surface area contributed by atoms with E-state index in [1.165, 1.54) is 13.2 Å². The van der Waals surface area contributed by atoms with Crippen LogP contribution in [0, 0.1) is 13.8 Å². The minimum Gasteiger partial charge on any atom is -0.497 e. The van der Waals surface area contributed by atoms with Gasteiger partial charge in [-0.25, -0.2) is 8.42 Å². The van der Waals surface area contributed by atoms with Crippen LogP contribution >= 0.6 is 0 Å². The second-order valence-corrected chi connectivity index (χ2v) is 7.79. The number of aliphatic hydroxyl groups excluding tert-OH is 1. The summed E-state index contributed by atoms with van der Waals surface area (Å²) in [6.45, 7) is 3.42. The highest BCUT2D eigenvalue weighted by atomic mass is 32.2. The first-order valence-corrected chi connectivity index (χ1v) is 9.67. The van der Waals surface area contributed by atoms with E-state index >= 15 is 0 Å². The van der Waals surface area contributed by atoms with Crippen molar-refractivity contribution in [1.29, 1.82) is 0 Å². The van der Waals surface area contributed by atoms with E-state index in [1.807, 2.05) is 0 Å². The lowest BCUT2D eigenvalue weighted by atomic mass is 10.0. The summed E-state index contributed by atoms with van der Waals surface area (Å²) in [7, 11) is -1.44. The van der Waals surface area contributed by atoms with Gasteiger partial charge in [-0.2, -0.15) is 4.72 Å². The van der Waals surface area contributed by atoms with Crippen molar-refractivity contribution in [2.24, 2.45) is 0 Å². The SMILES string of the molecule is COC(=O)C(NS(=O)(=O)c1cc(C)ccc1C)C(O)c1ccc(OC)cc1. The number of esters is 1. The minimum absolute atomic E-state index is 0.0401. The van der Waals surface area contributed by atoms with Gasteiger partial charge >= 0.3 is 5.97 Å². The summed E-state index contributed by atoms with van der Waals surface area (Å²) in [5.41, 5.74) is 1.62. The van der Waals surface area contributed by atoms with E-state index in [4.69, 9.17) is 4.74 Å². The average Bonchev–Trinajstić information content (AvgIpc) is 2.66. The molecule has 2 rings (SSSR count). The van der Waals surface area contributed by atoms with Gasteiger partial charge in [-0.05, 0) is 48.7 Å². The first kappa shape index (κ1) is 20.9. The Hall–Kier alpha value is -2.42. The molecular formula is C19H23NO6S. The maximum Gasteiger partial charge on any atom is 0.326 e. The number of aryl methyl sites for hydroxylation is 2. The largest absolute Gasteiger partial charge is 0.497 e. The van der Waals surface area contributed by atoms with E-state index in [2.05, 4.69) is 9.46 Å². The summed E-state index contributed by atoms with van der Waals surface area (Å²) in [5, 5.41) is 10.6. The van der Waals surface area contributed by atoms with E-state index in [-0.39, 0.29) is 4.90 Å². The van der Waals surface area contributed by atoms with Crippen LogP contribution in [0.25, 0.3) is 0 Å². The third-order valence-corrected chi connectivity index (χ3v) is 5.73. The van der Waals surface area contributed by atoms with Crippen LogP contribution in [-0.2, 0) is 19.6 Å². The Kier molecular flexibility index (Phi) is 6.59. The van der Waals surface area contributed by atoms with Crippen LogP contribution in [-0.4, -0.2) is 39.8 Å². The fourth-order valence-corrected chi connectivity index (χ4v) is 4.11. The maximum atomic E-state index is 12.8. The molecule has 0 aliphatic carbocycles. The second kappa shape index (κ2) is 8.51. The number of rotatable bonds is 7. The number of carbonyl (C=O) groups is 1. The lowest BCUT2D eigenvalue weighted by molar-refractivity contribution is -0.145. The van der Waals surface area contributed by atoms with Crippen molar-refractivity contribution in [2.75, 3.05) is 14.2 Å². The number of nitrogens with one attached hydrogen (secondary N) is 1. The number of benzene rings is 2. The number of ether oxygens (including phenoxy) is 2. The Morgan fingerprint density at radius 3 is 2.26 bits per heavy atom. The first-order valence-electron chi connectivity index (χ1n) is 8.19. The third kappa shape index (κ3) is 4.85. The molecule has 146 valence electrons. The molecule has 2 atom stereocenters. The van der Waals surface area contributed by atoms with Gasteiger partial charge in [0.2, 0.25) is 10.0 Å². The summed E-state index contributed by atoms with van der Waals surface area (Å²) < 4.78 is 37.7. The van der Waals surface area contributed by atoms with Gasteiger partial charge in [0.15, 0.2) is 0 Å². The smallest absolute Gasteiger partial charge is 0.326 e. The maximum absolute atomic E-state index is 12.8. The third-order valence-electron chi connectivity index (χ3n) is 4.14. The summed E-state index contributed by atoms with van der Waals surface area (Å²) in [5.74, 6) is -0.330. The lowest BCUT2D eigenvalue weighted by Gasteiger charge is -2.23. The van der Waals surface area contributed by atoms with Crippen molar-refractivity contribution in [3.63, 3.8) is 0 Å². The Morgan fingerprint density at radius 2 is 1.70 bits per heavy atom. The van der Waals surface area contributed by atoms with Gasteiger partial charge in [-0.3, -0.25) is 4.79 Å². The predicted octanol–water partition coefficient (Wildman–Crippen LogP) is 1.87. The zero-order chi connectivity index (χ0) is 20.2. The molecule has 0 heterocycles. The molecule has 0 amide bonds. The van der Waals surface area contributed by atoms with Crippen LogP contribution in [0.1, 0.15) is 22.8 Å². The van der Waals surface area contributed by atoms with Gasteiger partial charge in [-0.1, -0.05) is 24.3 Å².